The van der Waals surface area contributed by atoms with Gasteiger partial charge in [-0.2, -0.15) is 0 Å². The highest BCUT2D eigenvalue weighted by Gasteiger charge is 2.19. The molecule has 1 aromatic heterocycles. The van der Waals surface area contributed by atoms with Crippen LogP contribution < -0.4 is 14.4 Å². The minimum absolute atomic E-state index is 0.350. The fourth-order valence-corrected chi connectivity index (χ4v) is 3.25. The summed E-state index contributed by atoms with van der Waals surface area (Å²) in [6.07, 6.45) is 5.08. The molecule has 0 saturated heterocycles. The molecule has 0 saturated carbocycles. The lowest BCUT2D eigenvalue weighted by molar-refractivity contribution is 0.00695. The molecule has 2 aromatic carbocycles. The number of hydrogen-bond donors (Lipinski definition) is 0. The summed E-state index contributed by atoms with van der Waals surface area (Å²) < 4.78 is 17.0. The molecule has 0 aliphatic heterocycles. The second-order valence-electron chi connectivity index (χ2n) is 8.38. The molecule has 0 amide bonds. The quantitative estimate of drug-likeness (QED) is 0.396. The van der Waals surface area contributed by atoms with Crippen LogP contribution >= 0.6 is 0 Å². The van der Waals surface area contributed by atoms with Crippen molar-refractivity contribution >= 4 is 17.3 Å². The first kappa shape index (κ1) is 24.0. The van der Waals surface area contributed by atoms with Crippen LogP contribution in [0.15, 0.2) is 61.2 Å². The van der Waals surface area contributed by atoms with Crippen molar-refractivity contribution in [2.24, 2.45) is 0 Å². The van der Waals surface area contributed by atoms with Crippen molar-refractivity contribution in [1.82, 2.24) is 9.97 Å². The van der Waals surface area contributed by atoms with Gasteiger partial charge in [0.1, 0.15) is 11.9 Å². The van der Waals surface area contributed by atoms with Gasteiger partial charge < -0.3 is 19.1 Å². The highest BCUT2D eigenvalue weighted by atomic mass is 16.6. The molecule has 7 heteroatoms. The topological polar surface area (TPSA) is 73.8 Å². The van der Waals surface area contributed by atoms with Gasteiger partial charge in [0, 0.05) is 35.4 Å². The predicted molar refractivity (Wildman–Crippen MR) is 128 cm³/mol. The Kier molecular flexibility index (Phi) is 7.87. The van der Waals surface area contributed by atoms with Crippen LogP contribution in [0, 0.1) is 0 Å². The number of rotatable bonds is 9. The SMILES string of the molecule is CCOc1ccc(N(Cc2cncnc2)c2ccc(C(=O)OC(C)(C)C)cc2)cc1OCC. The zero-order chi connectivity index (χ0) is 23.8. The number of benzene rings is 2. The summed E-state index contributed by atoms with van der Waals surface area (Å²) in [6, 6.07) is 13.2. The van der Waals surface area contributed by atoms with Crippen LogP contribution in [0.25, 0.3) is 0 Å². The summed E-state index contributed by atoms with van der Waals surface area (Å²) in [4.78, 5) is 22.8. The van der Waals surface area contributed by atoms with Crippen LogP contribution in [0.3, 0.4) is 0 Å². The smallest absolute Gasteiger partial charge is 0.338 e. The first-order valence-electron chi connectivity index (χ1n) is 11.0. The largest absolute Gasteiger partial charge is 0.490 e. The van der Waals surface area contributed by atoms with Crippen molar-refractivity contribution in [3.63, 3.8) is 0 Å². The Bertz CT molecular complexity index is 1050. The van der Waals surface area contributed by atoms with Gasteiger partial charge in [0.2, 0.25) is 0 Å². The van der Waals surface area contributed by atoms with Gasteiger partial charge >= 0.3 is 5.97 Å². The summed E-state index contributed by atoms with van der Waals surface area (Å²) in [7, 11) is 0. The fraction of sp³-hybridized carbons (Fsp3) is 0.346. The van der Waals surface area contributed by atoms with Gasteiger partial charge in [-0.15, -0.1) is 0 Å². The first-order valence-corrected chi connectivity index (χ1v) is 11.0. The van der Waals surface area contributed by atoms with Crippen LogP contribution in [0.5, 0.6) is 11.5 Å². The Morgan fingerprint density at radius 1 is 0.879 bits per heavy atom. The van der Waals surface area contributed by atoms with Gasteiger partial charge in [0.05, 0.1) is 25.3 Å². The Balaban J connectivity index is 1.97. The fourth-order valence-electron chi connectivity index (χ4n) is 3.25. The van der Waals surface area contributed by atoms with E-state index in [-0.39, 0.29) is 5.97 Å². The zero-order valence-electron chi connectivity index (χ0n) is 19.9. The van der Waals surface area contributed by atoms with Gasteiger partial charge in [-0.05, 0) is 71.0 Å². The summed E-state index contributed by atoms with van der Waals surface area (Å²) in [5, 5.41) is 0. The molecule has 0 aliphatic carbocycles. The van der Waals surface area contributed by atoms with Crippen LogP contribution in [0.2, 0.25) is 0 Å². The second kappa shape index (κ2) is 10.8. The lowest BCUT2D eigenvalue weighted by atomic mass is 10.1. The highest BCUT2D eigenvalue weighted by Crippen LogP contribution is 2.36. The normalized spacial score (nSPS) is 11.1. The molecule has 1 heterocycles. The van der Waals surface area contributed by atoms with Crippen LogP contribution in [0.1, 0.15) is 50.5 Å². The molecule has 0 fully saturated rings. The summed E-state index contributed by atoms with van der Waals surface area (Å²) in [5.74, 6) is 1.03. The van der Waals surface area contributed by atoms with E-state index in [9.17, 15) is 4.79 Å². The van der Waals surface area contributed by atoms with Gasteiger partial charge in [-0.1, -0.05) is 0 Å². The number of ether oxygens (including phenoxy) is 3. The lowest BCUT2D eigenvalue weighted by Gasteiger charge is -2.26. The summed E-state index contributed by atoms with van der Waals surface area (Å²) in [6.45, 7) is 11.1. The molecule has 0 spiro atoms. The molecule has 0 unspecified atom stereocenters. The molecule has 0 bridgehead atoms. The molecule has 0 aliphatic rings. The maximum Gasteiger partial charge on any atom is 0.338 e. The molecule has 7 nitrogen and oxygen atoms in total. The molecule has 3 aromatic rings. The standard InChI is InChI=1S/C26H31N3O4/c1-6-31-23-13-12-22(14-24(23)32-7-2)29(17-19-15-27-18-28-16-19)21-10-8-20(9-11-21)25(30)33-26(3,4)5/h8-16,18H,6-7,17H2,1-5H3. The molecular formula is C26H31N3O4. The average molecular weight is 450 g/mol. The average Bonchev–Trinajstić information content (AvgIpc) is 2.79. The Morgan fingerprint density at radius 2 is 1.48 bits per heavy atom. The third kappa shape index (κ3) is 6.68. The van der Waals surface area contributed by atoms with Gasteiger partial charge in [-0.3, -0.25) is 0 Å². The van der Waals surface area contributed by atoms with Crippen LogP contribution in [0.4, 0.5) is 11.4 Å². The Morgan fingerprint density at radius 3 is 2.09 bits per heavy atom. The van der Waals surface area contributed by atoms with Gasteiger partial charge in [0.15, 0.2) is 11.5 Å². The molecule has 0 N–H and O–H groups in total. The minimum atomic E-state index is -0.549. The monoisotopic (exact) mass is 449 g/mol. The van der Waals surface area contributed by atoms with Crippen molar-refractivity contribution in [1.29, 1.82) is 0 Å². The molecule has 0 radical (unpaired) electrons. The zero-order valence-corrected chi connectivity index (χ0v) is 19.9. The second-order valence-corrected chi connectivity index (χ2v) is 8.38. The number of nitrogens with zero attached hydrogens (tertiary/aromatic N) is 3. The van der Waals surface area contributed by atoms with E-state index in [4.69, 9.17) is 14.2 Å². The number of aromatic nitrogens is 2. The van der Waals surface area contributed by atoms with E-state index in [0.717, 1.165) is 16.9 Å². The van der Waals surface area contributed by atoms with Crippen LogP contribution in [-0.4, -0.2) is 34.8 Å². The van der Waals surface area contributed by atoms with E-state index >= 15 is 0 Å². The van der Waals surface area contributed by atoms with Crippen molar-refractivity contribution in [2.75, 3.05) is 18.1 Å². The highest BCUT2D eigenvalue weighted by molar-refractivity contribution is 5.90. The van der Waals surface area contributed by atoms with E-state index in [2.05, 4.69) is 14.9 Å². The predicted octanol–water partition coefficient (Wildman–Crippen LogP) is 5.57. The minimum Gasteiger partial charge on any atom is -0.490 e. The van der Waals surface area contributed by atoms with E-state index in [1.807, 2.05) is 65.0 Å². The number of carbonyl (C=O) groups excluding carboxylic acids is 1. The van der Waals surface area contributed by atoms with Crippen molar-refractivity contribution in [2.45, 2.75) is 46.8 Å². The Hall–Kier alpha value is -3.61. The van der Waals surface area contributed by atoms with E-state index in [1.165, 1.54) is 6.33 Å². The van der Waals surface area contributed by atoms with Crippen LogP contribution in [-0.2, 0) is 11.3 Å². The molecule has 0 atom stereocenters. The lowest BCUT2D eigenvalue weighted by Crippen LogP contribution is -2.24. The molecule has 174 valence electrons. The molecule has 33 heavy (non-hydrogen) atoms. The number of esters is 1. The number of carbonyl (C=O) groups is 1. The first-order chi connectivity index (χ1) is 15.8. The molecule has 3 rings (SSSR count). The molecular weight excluding hydrogens is 418 g/mol. The third-order valence-corrected chi connectivity index (χ3v) is 4.61. The maximum absolute atomic E-state index is 12.4. The van der Waals surface area contributed by atoms with E-state index in [1.54, 1.807) is 24.5 Å². The van der Waals surface area contributed by atoms with Gasteiger partial charge in [-0.25, -0.2) is 14.8 Å². The van der Waals surface area contributed by atoms with E-state index in [0.29, 0.717) is 36.8 Å². The Labute approximate surface area is 195 Å². The third-order valence-electron chi connectivity index (χ3n) is 4.61. The number of hydrogen-bond acceptors (Lipinski definition) is 7. The van der Waals surface area contributed by atoms with Crippen molar-refractivity contribution in [3.05, 3.63) is 72.3 Å². The van der Waals surface area contributed by atoms with E-state index < -0.39 is 5.60 Å². The maximum atomic E-state index is 12.4. The summed E-state index contributed by atoms with van der Waals surface area (Å²) in [5.41, 5.74) is 2.71. The number of anilines is 2. The van der Waals surface area contributed by atoms with Gasteiger partial charge in [0.25, 0.3) is 0 Å². The summed E-state index contributed by atoms with van der Waals surface area (Å²) >= 11 is 0. The van der Waals surface area contributed by atoms with Crippen molar-refractivity contribution in [3.8, 4) is 11.5 Å². The van der Waals surface area contributed by atoms with Crippen molar-refractivity contribution < 1.29 is 19.0 Å².